The van der Waals surface area contributed by atoms with Crippen molar-refractivity contribution in [1.29, 1.82) is 0 Å². The molecule has 0 aliphatic carbocycles. The van der Waals surface area contributed by atoms with E-state index in [4.69, 9.17) is 4.42 Å². The normalized spacial score (nSPS) is 12.4. The highest BCUT2D eigenvalue weighted by atomic mass is 28.3. The van der Waals surface area contributed by atoms with Gasteiger partial charge in [-0.15, -0.1) is 0 Å². The highest BCUT2D eigenvalue weighted by Crippen LogP contribution is 2.35. The van der Waals surface area contributed by atoms with Gasteiger partial charge in [-0.05, 0) is 35.7 Å². The molecule has 0 bridgehead atoms. The zero-order valence-corrected chi connectivity index (χ0v) is 17.1. The molecule has 2 aromatic carbocycles. The van der Waals surface area contributed by atoms with Crippen LogP contribution in [0.5, 0.6) is 0 Å². The van der Waals surface area contributed by atoms with Crippen LogP contribution in [-0.4, -0.2) is 13.1 Å². The molecule has 0 aliphatic rings. The highest BCUT2D eigenvalue weighted by molar-refractivity contribution is 6.88. The fourth-order valence-electron chi connectivity index (χ4n) is 3.42. The molecule has 3 heteroatoms. The Bertz CT molecular complexity index is 1100. The predicted octanol–water partition coefficient (Wildman–Crippen LogP) is 6.32. The summed E-state index contributed by atoms with van der Waals surface area (Å²) in [6, 6.07) is 17.4. The molecule has 0 atom stereocenters. The summed E-state index contributed by atoms with van der Waals surface area (Å²) in [7, 11) is -1.37. The predicted molar refractivity (Wildman–Crippen MR) is 114 cm³/mol. The molecule has 0 fully saturated rings. The zero-order chi connectivity index (χ0) is 18.5. The van der Waals surface area contributed by atoms with Gasteiger partial charge >= 0.3 is 0 Å². The summed E-state index contributed by atoms with van der Waals surface area (Å²) in [6.45, 7) is 11.5. The number of fused-ring (bicyclic) bond motifs is 3. The maximum Gasteiger partial charge on any atom is 0.144 e. The first-order chi connectivity index (χ1) is 12.3. The van der Waals surface area contributed by atoms with Crippen LogP contribution in [-0.2, 0) is 0 Å². The number of para-hydroxylation sites is 1. The fourth-order valence-corrected chi connectivity index (χ4v) is 4.57. The summed E-state index contributed by atoms with van der Waals surface area (Å²) in [6.07, 6.45) is 1.90. The molecule has 0 N–H and O–H groups in total. The van der Waals surface area contributed by atoms with Crippen LogP contribution in [0.1, 0.15) is 25.3 Å². The molecule has 4 aromatic rings. The van der Waals surface area contributed by atoms with E-state index >= 15 is 0 Å². The SMILES string of the molecule is CC(C)c1ccnc(-c2cccc3c2oc2cc([Si](C)(C)C)ccc23)c1. The van der Waals surface area contributed by atoms with E-state index in [-0.39, 0.29) is 0 Å². The first-order valence-electron chi connectivity index (χ1n) is 9.26. The molecule has 4 rings (SSSR count). The van der Waals surface area contributed by atoms with Crippen molar-refractivity contribution in [3.8, 4) is 11.3 Å². The smallest absolute Gasteiger partial charge is 0.144 e. The lowest BCUT2D eigenvalue weighted by Gasteiger charge is -2.15. The standard InChI is InChI=1S/C23H25NOSi/c1-15(2)16-11-12-24-21(13-16)20-8-6-7-19-18-10-9-17(26(3,4)5)14-22(18)25-23(19)20/h6-15H,1-5H3. The third-order valence-electron chi connectivity index (χ3n) is 5.09. The first-order valence-corrected chi connectivity index (χ1v) is 12.8. The van der Waals surface area contributed by atoms with Gasteiger partial charge in [-0.2, -0.15) is 0 Å². The lowest BCUT2D eigenvalue weighted by molar-refractivity contribution is 0.670. The fraction of sp³-hybridized carbons (Fsp3) is 0.261. The molecule has 0 saturated heterocycles. The van der Waals surface area contributed by atoms with Crippen LogP contribution in [0.2, 0.25) is 19.6 Å². The van der Waals surface area contributed by atoms with E-state index in [2.05, 4.69) is 87.0 Å². The Morgan fingerprint density at radius 2 is 1.73 bits per heavy atom. The Hall–Kier alpha value is -2.39. The lowest BCUT2D eigenvalue weighted by atomic mass is 10.0. The van der Waals surface area contributed by atoms with Crippen LogP contribution in [0.15, 0.2) is 59.1 Å². The number of pyridine rings is 1. The molecule has 2 heterocycles. The maximum absolute atomic E-state index is 6.36. The van der Waals surface area contributed by atoms with E-state index in [1.165, 1.54) is 16.1 Å². The van der Waals surface area contributed by atoms with Gasteiger partial charge in [0, 0.05) is 22.5 Å². The Kier molecular flexibility index (Phi) is 4.00. The van der Waals surface area contributed by atoms with E-state index in [1.54, 1.807) is 0 Å². The van der Waals surface area contributed by atoms with E-state index in [0.717, 1.165) is 27.8 Å². The largest absolute Gasteiger partial charge is 0.455 e. The van der Waals surface area contributed by atoms with Gasteiger partial charge in [0.2, 0.25) is 0 Å². The number of furan rings is 1. The minimum Gasteiger partial charge on any atom is -0.455 e. The Labute approximate surface area is 155 Å². The molecule has 0 unspecified atom stereocenters. The maximum atomic E-state index is 6.36. The quantitative estimate of drug-likeness (QED) is 0.400. The summed E-state index contributed by atoms with van der Waals surface area (Å²) in [5.74, 6) is 0.478. The molecule has 2 aromatic heterocycles. The molecular formula is C23H25NOSi. The number of benzene rings is 2. The van der Waals surface area contributed by atoms with Crippen LogP contribution in [0, 0.1) is 0 Å². The molecule has 132 valence electrons. The Morgan fingerprint density at radius 3 is 2.46 bits per heavy atom. The van der Waals surface area contributed by atoms with Crippen LogP contribution < -0.4 is 5.19 Å². The van der Waals surface area contributed by atoms with Gasteiger partial charge < -0.3 is 4.42 Å². The third kappa shape index (κ3) is 2.86. The van der Waals surface area contributed by atoms with Crippen molar-refractivity contribution in [2.75, 3.05) is 0 Å². The van der Waals surface area contributed by atoms with E-state index in [9.17, 15) is 0 Å². The van der Waals surface area contributed by atoms with Gasteiger partial charge in [0.05, 0.1) is 13.8 Å². The second kappa shape index (κ2) is 6.10. The summed E-state index contributed by atoms with van der Waals surface area (Å²) in [5, 5.41) is 3.77. The number of aromatic nitrogens is 1. The van der Waals surface area contributed by atoms with Crippen LogP contribution in [0.4, 0.5) is 0 Å². The lowest BCUT2D eigenvalue weighted by Crippen LogP contribution is -2.37. The molecule has 0 saturated carbocycles. The van der Waals surface area contributed by atoms with Gasteiger partial charge in [0.1, 0.15) is 11.2 Å². The Morgan fingerprint density at radius 1 is 0.923 bits per heavy atom. The third-order valence-corrected chi connectivity index (χ3v) is 7.13. The summed E-state index contributed by atoms with van der Waals surface area (Å²) in [5.41, 5.74) is 5.25. The minimum atomic E-state index is -1.37. The molecule has 0 amide bonds. The summed E-state index contributed by atoms with van der Waals surface area (Å²) >= 11 is 0. The molecule has 0 spiro atoms. The number of hydrogen-bond donors (Lipinski definition) is 0. The second-order valence-electron chi connectivity index (χ2n) is 8.37. The Balaban J connectivity index is 1.95. The first kappa shape index (κ1) is 17.0. The van der Waals surface area contributed by atoms with Crippen molar-refractivity contribution < 1.29 is 4.42 Å². The van der Waals surface area contributed by atoms with E-state index in [1.807, 2.05) is 6.20 Å². The van der Waals surface area contributed by atoms with E-state index < -0.39 is 8.07 Å². The minimum absolute atomic E-state index is 0.478. The van der Waals surface area contributed by atoms with Crippen molar-refractivity contribution >= 4 is 35.2 Å². The van der Waals surface area contributed by atoms with Crippen molar-refractivity contribution in [3.05, 3.63) is 60.3 Å². The van der Waals surface area contributed by atoms with E-state index in [0.29, 0.717) is 5.92 Å². The molecule has 0 aliphatic heterocycles. The van der Waals surface area contributed by atoms with Crippen molar-refractivity contribution in [2.24, 2.45) is 0 Å². The van der Waals surface area contributed by atoms with Gasteiger partial charge in [0.25, 0.3) is 0 Å². The van der Waals surface area contributed by atoms with Gasteiger partial charge in [-0.3, -0.25) is 4.98 Å². The van der Waals surface area contributed by atoms with Crippen LogP contribution in [0.3, 0.4) is 0 Å². The number of nitrogens with zero attached hydrogens (tertiary/aromatic N) is 1. The molecule has 26 heavy (non-hydrogen) atoms. The van der Waals surface area contributed by atoms with Crippen molar-refractivity contribution in [2.45, 2.75) is 39.4 Å². The molecule has 2 nitrogen and oxygen atoms in total. The number of rotatable bonds is 3. The topological polar surface area (TPSA) is 26.0 Å². The monoisotopic (exact) mass is 359 g/mol. The van der Waals surface area contributed by atoms with Crippen LogP contribution in [0.25, 0.3) is 33.2 Å². The highest BCUT2D eigenvalue weighted by Gasteiger charge is 2.19. The van der Waals surface area contributed by atoms with Crippen molar-refractivity contribution in [3.63, 3.8) is 0 Å². The van der Waals surface area contributed by atoms with Crippen LogP contribution >= 0.6 is 0 Å². The average molecular weight is 360 g/mol. The zero-order valence-electron chi connectivity index (χ0n) is 16.1. The average Bonchev–Trinajstić information content (AvgIpc) is 2.99. The second-order valence-corrected chi connectivity index (χ2v) is 13.5. The summed E-state index contributed by atoms with van der Waals surface area (Å²) < 4.78 is 6.36. The van der Waals surface area contributed by atoms with Gasteiger partial charge in [0.15, 0.2) is 0 Å². The molecule has 0 radical (unpaired) electrons. The summed E-state index contributed by atoms with van der Waals surface area (Å²) in [4.78, 5) is 4.62. The number of hydrogen-bond acceptors (Lipinski definition) is 2. The van der Waals surface area contributed by atoms with Gasteiger partial charge in [-0.25, -0.2) is 0 Å². The molecular weight excluding hydrogens is 334 g/mol. The van der Waals surface area contributed by atoms with Crippen molar-refractivity contribution in [1.82, 2.24) is 4.98 Å². The van der Waals surface area contributed by atoms with Gasteiger partial charge in [-0.1, -0.05) is 62.9 Å².